The predicted molar refractivity (Wildman–Crippen MR) is 102 cm³/mol. The molecule has 1 aliphatic heterocycles. The first-order valence-electron chi connectivity index (χ1n) is 9.24. The van der Waals surface area contributed by atoms with Gasteiger partial charge in [-0.1, -0.05) is 13.8 Å². The second kappa shape index (κ2) is 7.43. The van der Waals surface area contributed by atoms with Crippen LogP contribution in [-0.2, 0) is 6.42 Å². The van der Waals surface area contributed by atoms with Gasteiger partial charge in [-0.05, 0) is 18.2 Å². The van der Waals surface area contributed by atoms with Crippen LogP contribution in [0.2, 0.25) is 0 Å². The summed E-state index contributed by atoms with van der Waals surface area (Å²) in [5, 5.41) is 23.4. The molecule has 0 saturated heterocycles. The number of aliphatic hydroxyl groups excluding tert-OH is 1. The van der Waals surface area contributed by atoms with Crippen LogP contribution in [0.4, 0.5) is 0 Å². The Bertz CT molecular complexity index is 1010. The molecule has 0 spiro atoms. The van der Waals surface area contributed by atoms with Crippen molar-refractivity contribution in [3.05, 3.63) is 41.3 Å². The third-order valence-corrected chi connectivity index (χ3v) is 4.54. The average molecular weight is 382 g/mol. The Labute approximate surface area is 161 Å². The van der Waals surface area contributed by atoms with E-state index < -0.39 is 0 Å². The second-order valence-electron chi connectivity index (χ2n) is 6.91. The Hall–Kier alpha value is -3.20. The minimum Gasteiger partial charge on any atom is -0.493 e. The fraction of sp³-hybridized carbons (Fsp3) is 0.368. The Morgan fingerprint density at radius 2 is 2.29 bits per heavy atom. The van der Waals surface area contributed by atoms with Gasteiger partial charge in [-0.25, -0.2) is 9.78 Å². The number of fused-ring (bicyclic) bond motifs is 3. The van der Waals surface area contributed by atoms with Crippen molar-refractivity contribution in [1.82, 2.24) is 30.3 Å². The largest absolute Gasteiger partial charge is 0.493 e. The van der Waals surface area contributed by atoms with Crippen molar-refractivity contribution in [2.24, 2.45) is 0 Å². The minimum absolute atomic E-state index is 0.107. The zero-order valence-electron chi connectivity index (χ0n) is 15.8. The van der Waals surface area contributed by atoms with Gasteiger partial charge in [0.1, 0.15) is 5.75 Å². The van der Waals surface area contributed by atoms with Gasteiger partial charge < -0.3 is 15.2 Å². The van der Waals surface area contributed by atoms with Crippen molar-refractivity contribution in [1.29, 1.82) is 0 Å². The van der Waals surface area contributed by atoms with E-state index in [1.165, 1.54) is 0 Å². The number of nitrogens with zero attached hydrogens (tertiary/aromatic N) is 4. The van der Waals surface area contributed by atoms with E-state index in [1.807, 2.05) is 20.0 Å². The van der Waals surface area contributed by atoms with Gasteiger partial charge in [0, 0.05) is 41.8 Å². The van der Waals surface area contributed by atoms with Crippen molar-refractivity contribution in [3.63, 3.8) is 0 Å². The van der Waals surface area contributed by atoms with E-state index in [2.05, 4.69) is 25.6 Å². The number of nitrogens with one attached hydrogen (secondary N) is 2. The van der Waals surface area contributed by atoms with Crippen molar-refractivity contribution >= 4 is 5.91 Å². The number of aromatic amines is 1. The third-order valence-electron chi connectivity index (χ3n) is 4.54. The number of carbonyl (C=O) groups excluding carboxylic acids is 1. The highest BCUT2D eigenvalue weighted by Gasteiger charge is 2.22. The fourth-order valence-corrected chi connectivity index (χ4v) is 3.08. The lowest BCUT2D eigenvalue weighted by Crippen LogP contribution is -2.26. The van der Waals surface area contributed by atoms with Gasteiger partial charge in [0.15, 0.2) is 5.82 Å². The van der Waals surface area contributed by atoms with Crippen molar-refractivity contribution in [2.45, 2.75) is 26.2 Å². The Balaban J connectivity index is 1.73. The van der Waals surface area contributed by atoms with E-state index in [0.29, 0.717) is 30.3 Å². The van der Waals surface area contributed by atoms with Crippen molar-refractivity contribution in [2.75, 3.05) is 19.8 Å². The van der Waals surface area contributed by atoms with Crippen LogP contribution in [0.25, 0.3) is 17.2 Å². The number of benzene rings is 1. The molecule has 9 heteroatoms. The van der Waals surface area contributed by atoms with E-state index in [4.69, 9.17) is 9.84 Å². The zero-order chi connectivity index (χ0) is 19.7. The number of hydrogen-bond donors (Lipinski definition) is 3. The molecule has 0 fully saturated rings. The molecule has 1 aromatic carbocycles. The summed E-state index contributed by atoms with van der Waals surface area (Å²) in [5.41, 5.74) is 3.01. The number of hydrogen-bond acceptors (Lipinski definition) is 6. The van der Waals surface area contributed by atoms with Gasteiger partial charge >= 0.3 is 0 Å². The SMILES string of the molecule is CC(C)c1n[nH]c(-n2cc3c(n2)-c2cc(C(=O)NCCO)ccc2OCC3)n1. The van der Waals surface area contributed by atoms with Crippen LogP contribution < -0.4 is 10.1 Å². The second-order valence-corrected chi connectivity index (χ2v) is 6.91. The van der Waals surface area contributed by atoms with Crippen molar-refractivity contribution in [3.8, 4) is 23.0 Å². The van der Waals surface area contributed by atoms with E-state index in [9.17, 15) is 4.79 Å². The van der Waals surface area contributed by atoms with Crippen LogP contribution in [0, 0.1) is 0 Å². The number of aliphatic hydroxyl groups is 1. The third kappa shape index (κ3) is 3.36. The molecule has 4 rings (SSSR count). The summed E-state index contributed by atoms with van der Waals surface area (Å²) in [6, 6.07) is 5.25. The van der Waals surface area contributed by atoms with Gasteiger partial charge in [0.2, 0.25) is 5.95 Å². The molecule has 9 nitrogen and oxygen atoms in total. The number of amides is 1. The lowest BCUT2D eigenvalue weighted by atomic mass is 10.0. The molecule has 146 valence electrons. The molecule has 0 unspecified atom stereocenters. The highest BCUT2D eigenvalue weighted by atomic mass is 16.5. The molecule has 2 aromatic heterocycles. The minimum atomic E-state index is -0.251. The summed E-state index contributed by atoms with van der Waals surface area (Å²) in [4.78, 5) is 16.8. The molecule has 3 N–H and O–H groups in total. The van der Waals surface area contributed by atoms with Gasteiger partial charge in [0.05, 0.1) is 18.9 Å². The molecule has 0 aliphatic carbocycles. The van der Waals surface area contributed by atoms with Gasteiger partial charge in [-0.3, -0.25) is 4.79 Å². The Morgan fingerprint density at radius 1 is 1.43 bits per heavy atom. The maximum atomic E-state index is 12.3. The summed E-state index contributed by atoms with van der Waals surface area (Å²) in [5.74, 6) is 1.93. The first-order valence-corrected chi connectivity index (χ1v) is 9.24. The zero-order valence-corrected chi connectivity index (χ0v) is 15.8. The molecule has 1 amide bonds. The average Bonchev–Trinajstić information content (AvgIpc) is 3.30. The van der Waals surface area contributed by atoms with Crippen LogP contribution in [0.3, 0.4) is 0 Å². The first kappa shape index (κ1) is 18.2. The highest BCUT2D eigenvalue weighted by molar-refractivity contribution is 5.96. The molecular formula is C19H22N6O3. The number of ether oxygens (including phenoxy) is 1. The van der Waals surface area contributed by atoms with Crippen LogP contribution >= 0.6 is 0 Å². The molecular weight excluding hydrogens is 360 g/mol. The lowest BCUT2D eigenvalue weighted by molar-refractivity contribution is 0.0945. The standard InChI is InChI=1S/C19H22N6O3/c1-11(2)17-21-19(23-22-17)25-10-13-5-8-28-15-4-3-12(18(27)20-6-7-26)9-14(15)16(13)24-25/h3-4,9-11,26H,5-8H2,1-2H3,(H,20,27)(H,21,22,23). The van der Waals surface area contributed by atoms with Crippen LogP contribution in [0.1, 0.15) is 41.5 Å². The van der Waals surface area contributed by atoms with E-state index in [1.54, 1.807) is 22.9 Å². The number of H-pyrrole nitrogens is 1. The summed E-state index contributed by atoms with van der Waals surface area (Å²) < 4.78 is 7.51. The summed E-state index contributed by atoms with van der Waals surface area (Å²) in [6.45, 7) is 4.68. The van der Waals surface area contributed by atoms with Gasteiger partial charge in [0.25, 0.3) is 5.91 Å². The maximum absolute atomic E-state index is 12.3. The lowest BCUT2D eigenvalue weighted by Gasteiger charge is -2.09. The Morgan fingerprint density at radius 3 is 3.04 bits per heavy atom. The number of carbonyl (C=O) groups is 1. The summed E-state index contributed by atoms with van der Waals surface area (Å²) >= 11 is 0. The summed E-state index contributed by atoms with van der Waals surface area (Å²) in [7, 11) is 0. The van der Waals surface area contributed by atoms with Crippen LogP contribution in [-0.4, -0.2) is 55.7 Å². The molecule has 0 atom stereocenters. The van der Waals surface area contributed by atoms with Crippen LogP contribution in [0.5, 0.6) is 5.75 Å². The summed E-state index contributed by atoms with van der Waals surface area (Å²) in [6.07, 6.45) is 2.61. The van der Waals surface area contributed by atoms with E-state index in [-0.39, 0.29) is 25.0 Å². The monoisotopic (exact) mass is 382 g/mol. The number of rotatable bonds is 5. The molecule has 3 heterocycles. The van der Waals surface area contributed by atoms with E-state index in [0.717, 1.165) is 22.6 Å². The fourth-order valence-electron chi connectivity index (χ4n) is 3.08. The van der Waals surface area contributed by atoms with Gasteiger partial charge in [-0.15, -0.1) is 0 Å². The molecule has 1 aliphatic rings. The molecule has 28 heavy (non-hydrogen) atoms. The Kier molecular flexibility index (Phi) is 4.82. The van der Waals surface area contributed by atoms with Gasteiger partial charge in [-0.2, -0.15) is 15.2 Å². The molecule has 0 radical (unpaired) electrons. The first-order chi connectivity index (χ1) is 13.6. The molecule has 0 saturated carbocycles. The normalized spacial score (nSPS) is 12.9. The molecule has 3 aromatic rings. The quantitative estimate of drug-likeness (QED) is 0.614. The predicted octanol–water partition coefficient (Wildman–Crippen LogP) is 1.44. The van der Waals surface area contributed by atoms with E-state index >= 15 is 0 Å². The highest BCUT2D eigenvalue weighted by Crippen LogP contribution is 2.35. The molecule has 0 bridgehead atoms. The van der Waals surface area contributed by atoms with Crippen molar-refractivity contribution < 1.29 is 14.6 Å². The topological polar surface area (TPSA) is 118 Å². The smallest absolute Gasteiger partial charge is 0.251 e. The maximum Gasteiger partial charge on any atom is 0.251 e. The number of aromatic nitrogens is 5. The van der Waals surface area contributed by atoms with Crippen LogP contribution in [0.15, 0.2) is 24.4 Å².